The van der Waals surface area contributed by atoms with Crippen molar-refractivity contribution in [2.45, 2.75) is 6.42 Å². The fourth-order valence-corrected chi connectivity index (χ4v) is 4.51. The van der Waals surface area contributed by atoms with Gasteiger partial charge in [0.25, 0.3) is 0 Å². The van der Waals surface area contributed by atoms with Gasteiger partial charge >= 0.3 is 5.91 Å². The number of hydrogen-bond acceptors (Lipinski definition) is 3. The van der Waals surface area contributed by atoms with Gasteiger partial charge in [-0.3, -0.25) is 4.48 Å². The molecule has 0 atom stereocenters. The van der Waals surface area contributed by atoms with Gasteiger partial charge in [0.05, 0.1) is 25.7 Å². The number of nitrogens with zero attached hydrogens (tertiary/aromatic N) is 4. The van der Waals surface area contributed by atoms with Crippen molar-refractivity contribution in [2.75, 3.05) is 38.2 Å². The van der Waals surface area contributed by atoms with E-state index in [0.29, 0.717) is 4.48 Å². The molecule has 0 radical (unpaired) electrons. The third-order valence-corrected chi connectivity index (χ3v) is 6.42. The Bertz CT molecular complexity index is 1200. The Hall–Kier alpha value is -3.44. The number of likely N-dealkylation sites (N-methyl/N-ethyl adjacent to an activating group) is 1. The zero-order valence-corrected chi connectivity index (χ0v) is 17.8. The maximum atomic E-state index is 13.6. The van der Waals surface area contributed by atoms with E-state index in [1.165, 1.54) is 5.56 Å². The molecule has 0 spiro atoms. The number of benzene rings is 3. The zero-order chi connectivity index (χ0) is 21.3. The average molecular weight is 412 g/mol. The van der Waals surface area contributed by atoms with Crippen LogP contribution in [0.2, 0.25) is 0 Å². The summed E-state index contributed by atoms with van der Waals surface area (Å²) in [5, 5.41) is 4.46. The number of aromatic nitrogens is 2. The number of amides is 1. The number of fused-ring (bicyclic) bond motifs is 1. The lowest BCUT2D eigenvalue weighted by molar-refractivity contribution is -0.829. The Morgan fingerprint density at radius 3 is 2.45 bits per heavy atom. The molecule has 31 heavy (non-hydrogen) atoms. The van der Waals surface area contributed by atoms with Crippen molar-refractivity contribution in [1.82, 2.24) is 9.66 Å². The highest BCUT2D eigenvalue weighted by molar-refractivity contribution is 6.04. The van der Waals surface area contributed by atoms with Crippen LogP contribution in [0.25, 0.3) is 10.8 Å². The predicted molar refractivity (Wildman–Crippen MR) is 124 cm³/mol. The quantitative estimate of drug-likeness (QED) is 0.479. The third-order valence-electron chi connectivity index (χ3n) is 6.42. The maximum absolute atomic E-state index is 13.6. The van der Waals surface area contributed by atoms with Gasteiger partial charge in [-0.2, -0.15) is 0 Å². The minimum Gasteiger partial charge on any atom is -0.300 e. The molecule has 0 saturated carbocycles. The van der Waals surface area contributed by atoms with Crippen LogP contribution in [0, 0.1) is 0 Å². The fraction of sp³-hybridized carbons (Fsp3) is 0.231. The first-order valence-electron chi connectivity index (χ1n) is 10.8. The number of rotatable bonds is 4. The Morgan fingerprint density at radius 2 is 1.65 bits per heavy atom. The van der Waals surface area contributed by atoms with Crippen LogP contribution in [-0.2, 0) is 6.42 Å². The Kier molecular flexibility index (Phi) is 5.04. The van der Waals surface area contributed by atoms with Gasteiger partial charge in [-0.05, 0) is 22.4 Å². The first-order chi connectivity index (χ1) is 15.1. The lowest BCUT2D eigenvalue weighted by atomic mass is 10.0. The molecule has 2 heterocycles. The molecule has 5 rings (SSSR count). The second-order valence-electron chi connectivity index (χ2n) is 8.48. The van der Waals surface area contributed by atoms with Crippen molar-refractivity contribution < 1.29 is 9.28 Å². The predicted octanol–water partition coefficient (Wildman–Crippen LogP) is 3.87. The van der Waals surface area contributed by atoms with Crippen LogP contribution in [0.4, 0.5) is 0 Å². The normalized spacial score (nSPS) is 15.8. The molecular weight excluding hydrogens is 384 g/mol. The highest BCUT2D eigenvalue weighted by Crippen LogP contribution is 2.24. The lowest BCUT2D eigenvalue weighted by Gasteiger charge is -2.41. The Morgan fingerprint density at radius 1 is 0.935 bits per heavy atom. The van der Waals surface area contributed by atoms with E-state index in [9.17, 15) is 4.79 Å². The molecule has 1 aliphatic rings. The van der Waals surface area contributed by atoms with Crippen LogP contribution < -0.4 is 5.01 Å². The highest BCUT2D eigenvalue weighted by atomic mass is 16.2. The third kappa shape index (κ3) is 3.73. The number of carbonyl (C=O) groups is 1. The van der Waals surface area contributed by atoms with Gasteiger partial charge in [-0.25, -0.2) is 14.5 Å². The highest BCUT2D eigenvalue weighted by Gasteiger charge is 2.38. The van der Waals surface area contributed by atoms with E-state index in [4.69, 9.17) is 0 Å². The molecule has 1 saturated heterocycles. The van der Waals surface area contributed by atoms with Crippen molar-refractivity contribution in [2.24, 2.45) is 0 Å². The van der Waals surface area contributed by atoms with Crippen LogP contribution in [-0.4, -0.2) is 53.3 Å². The van der Waals surface area contributed by atoms with E-state index < -0.39 is 0 Å². The molecule has 1 aliphatic heterocycles. The summed E-state index contributed by atoms with van der Waals surface area (Å²) in [6.45, 7) is 3.16. The van der Waals surface area contributed by atoms with Gasteiger partial charge in [0.2, 0.25) is 0 Å². The standard InChI is InChI=1S/C26H27N4O/c1-30(26(31)24-13-7-11-22-10-5-6-12-23(22)24)18-16-28(17-19-30)29-15-14-27-25(29)20-21-8-3-2-4-9-21/h2-15H,16-20H2,1H3/q+1. The maximum Gasteiger partial charge on any atom is 0.346 e. The lowest BCUT2D eigenvalue weighted by Crippen LogP contribution is -2.62. The summed E-state index contributed by atoms with van der Waals surface area (Å²) in [4.78, 5) is 18.2. The number of hydrogen-bond donors (Lipinski definition) is 0. The number of piperazine rings is 1. The summed E-state index contributed by atoms with van der Waals surface area (Å²) in [5.41, 5.74) is 2.07. The van der Waals surface area contributed by atoms with Crippen LogP contribution >= 0.6 is 0 Å². The monoisotopic (exact) mass is 411 g/mol. The first kappa shape index (κ1) is 19.5. The molecule has 0 N–H and O–H groups in total. The number of carbonyl (C=O) groups excluding carboxylic acids is 1. The molecule has 0 bridgehead atoms. The van der Waals surface area contributed by atoms with Crippen molar-refractivity contribution in [3.05, 3.63) is 102 Å². The van der Waals surface area contributed by atoms with Crippen molar-refractivity contribution in [3.8, 4) is 0 Å². The van der Waals surface area contributed by atoms with Crippen LogP contribution in [0.3, 0.4) is 0 Å². The number of quaternary nitrogens is 1. The second kappa shape index (κ2) is 8.00. The van der Waals surface area contributed by atoms with Crippen LogP contribution in [0.15, 0.2) is 85.2 Å². The van der Waals surface area contributed by atoms with E-state index in [1.807, 2.05) is 48.8 Å². The molecular formula is C26H27N4O+. The smallest absolute Gasteiger partial charge is 0.300 e. The van der Waals surface area contributed by atoms with Crippen LogP contribution in [0.1, 0.15) is 21.7 Å². The second-order valence-corrected chi connectivity index (χ2v) is 8.48. The SMILES string of the molecule is C[N+]1(C(=O)c2cccc3ccccc23)CCN(n2ccnc2Cc2ccccc2)CC1. The minimum atomic E-state index is 0.201. The van der Waals surface area contributed by atoms with Crippen molar-refractivity contribution in [3.63, 3.8) is 0 Å². The van der Waals surface area contributed by atoms with E-state index >= 15 is 0 Å². The Balaban J connectivity index is 1.33. The van der Waals surface area contributed by atoms with E-state index in [2.05, 4.69) is 58.1 Å². The van der Waals surface area contributed by atoms with Gasteiger partial charge in [-0.15, -0.1) is 0 Å². The van der Waals surface area contributed by atoms with Crippen LogP contribution in [0.5, 0.6) is 0 Å². The van der Waals surface area contributed by atoms with Gasteiger partial charge in [0.15, 0.2) is 0 Å². The molecule has 0 aliphatic carbocycles. The molecule has 3 aromatic carbocycles. The van der Waals surface area contributed by atoms with Gasteiger partial charge < -0.3 is 5.01 Å². The summed E-state index contributed by atoms with van der Waals surface area (Å²) in [6.07, 6.45) is 4.69. The minimum absolute atomic E-state index is 0.201. The molecule has 156 valence electrons. The molecule has 1 amide bonds. The topological polar surface area (TPSA) is 38.1 Å². The molecule has 0 unspecified atom stereocenters. The molecule has 5 nitrogen and oxygen atoms in total. The largest absolute Gasteiger partial charge is 0.346 e. The molecule has 1 fully saturated rings. The van der Waals surface area contributed by atoms with E-state index in [0.717, 1.165) is 54.8 Å². The number of imidazole rings is 1. The average Bonchev–Trinajstić information content (AvgIpc) is 3.27. The Labute approximate surface area is 182 Å². The van der Waals surface area contributed by atoms with E-state index in [1.54, 1.807) is 0 Å². The fourth-order valence-electron chi connectivity index (χ4n) is 4.51. The first-order valence-corrected chi connectivity index (χ1v) is 10.8. The summed E-state index contributed by atoms with van der Waals surface area (Å²) in [7, 11) is 2.07. The van der Waals surface area contributed by atoms with E-state index in [-0.39, 0.29) is 5.91 Å². The summed E-state index contributed by atoms with van der Waals surface area (Å²) in [6, 6.07) is 24.6. The molecule has 5 heteroatoms. The summed E-state index contributed by atoms with van der Waals surface area (Å²) in [5.74, 6) is 1.23. The van der Waals surface area contributed by atoms with Crippen molar-refractivity contribution in [1.29, 1.82) is 0 Å². The van der Waals surface area contributed by atoms with Crippen molar-refractivity contribution >= 4 is 16.7 Å². The van der Waals surface area contributed by atoms with Gasteiger partial charge in [-0.1, -0.05) is 66.7 Å². The zero-order valence-electron chi connectivity index (χ0n) is 17.8. The summed E-state index contributed by atoms with van der Waals surface area (Å²) >= 11 is 0. The molecule has 4 aromatic rings. The van der Waals surface area contributed by atoms with Gasteiger partial charge in [0.1, 0.15) is 18.9 Å². The van der Waals surface area contributed by atoms with Gasteiger partial charge in [0, 0.05) is 18.8 Å². The summed E-state index contributed by atoms with van der Waals surface area (Å²) < 4.78 is 2.59. The molecule has 1 aromatic heterocycles.